The first-order valence-corrected chi connectivity index (χ1v) is 21.1. The second-order valence-electron chi connectivity index (χ2n) is 15.3. The molecule has 57 heavy (non-hydrogen) atoms. The lowest BCUT2D eigenvalue weighted by molar-refractivity contribution is 0.173. The molecule has 0 aliphatic rings. The third kappa shape index (κ3) is 11.3. The van der Waals surface area contributed by atoms with Crippen LogP contribution in [0.15, 0.2) is 100 Å². The van der Waals surface area contributed by atoms with Gasteiger partial charge in [0.15, 0.2) is 0 Å². The van der Waals surface area contributed by atoms with Gasteiger partial charge in [-0.05, 0) is 106 Å². The van der Waals surface area contributed by atoms with Gasteiger partial charge >= 0.3 is 12.2 Å². The van der Waals surface area contributed by atoms with E-state index in [1.165, 1.54) is 61.4 Å². The molecule has 0 saturated carbocycles. The van der Waals surface area contributed by atoms with Crippen molar-refractivity contribution in [3.63, 3.8) is 0 Å². The fourth-order valence-electron chi connectivity index (χ4n) is 5.63. The SMILES string of the molecule is CC(C)(C)C(Cc1cc(Br)n(S(=O)(=O)c2cccnc2)c1)NC(=O)O.Cc1ccc(-c2cc(CC(NC(=O)O)C(C)(C)C)cn2S(=O)(=O)c2cccnc2)c(F)n1. The molecule has 2 atom stereocenters. The Morgan fingerprint density at radius 2 is 1.23 bits per heavy atom. The van der Waals surface area contributed by atoms with Gasteiger partial charge in [0.25, 0.3) is 20.0 Å². The Bertz CT molecular complexity index is 2430. The van der Waals surface area contributed by atoms with E-state index in [2.05, 4.69) is 41.5 Å². The van der Waals surface area contributed by atoms with Crippen LogP contribution in [0.4, 0.5) is 14.0 Å². The molecule has 5 aromatic heterocycles. The zero-order valence-corrected chi connectivity index (χ0v) is 35.5. The Morgan fingerprint density at radius 3 is 1.65 bits per heavy atom. The van der Waals surface area contributed by atoms with Crippen molar-refractivity contribution < 1.29 is 41.0 Å². The Morgan fingerprint density at radius 1 is 0.772 bits per heavy atom. The third-order valence-corrected chi connectivity index (χ3v) is 13.0. The summed E-state index contributed by atoms with van der Waals surface area (Å²) >= 11 is 3.27. The largest absolute Gasteiger partial charge is 0.465 e. The maximum atomic E-state index is 14.7. The van der Waals surface area contributed by atoms with Crippen LogP contribution in [0.2, 0.25) is 0 Å². The molecule has 306 valence electrons. The van der Waals surface area contributed by atoms with Gasteiger partial charge in [-0.25, -0.2) is 39.4 Å². The first kappa shape index (κ1) is 44.6. The molecule has 0 aliphatic heterocycles. The Kier molecular flexibility index (Phi) is 13.7. The molecule has 5 rings (SSSR count). The number of rotatable bonds is 11. The first-order chi connectivity index (χ1) is 26.4. The van der Waals surface area contributed by atoms with Gasteiger partial charge in [-0.3, -0.25) is 9.97 Å². The zero-order valence-electron chi connectivity index (χ0n) is 32.3. The number of halogens is 2. The van der Waals surface area contributed by atoms with Crippen molar-refractivity contribution in [1.82, 2.24) is 33.5 Å². The van der Waals surface area contributed by atoms with Crippen molar-refractivity contribution in [2.75, 3.05) is 0 Å². The molecule has 5 aromatic rings. The van der Waals surface area contributed by atoms with Gasteiger partial charge in [-0.1, -0.05) is 41.5 Å². The molecule has 0 spiro atoms. The maximum absolute atomic E-state index is 14.7. The highest BCUT2D eigenvalue weighted by Gasteiger charge is 2.31. The number of hydrogen-bond donors (Lipinski definition) is 4. The highest BCUT2D eigenvalue weighted by Crippen LogP contribution is 2.31. The fourth-order valence-corrected chi connectivity index (χ4v) is 9.18. The topological polar surface area (TPSA) is 215 Å². The van der Waals surface area contributed by atoms with E-state index in [9.17, 15) is 35.9 Å². The molecule has 0 saturated heterocycles. The van der Waals surface area contributed by atoms with E-state index in [1.54, 1.807) is 31.2 Å². The lowest BCUT2D eigenvalue weighted by Gasteiger charge is -2.30. The third-order valence-electron chi connectivity index (χ3n) is 8.85. The van der Waals surface area contributed by atoms with Crippen LogP contribution in [-0.4, -0.2) is 74.2 Å². The van der Waals surface area contributed by atoms with E-state index >= 15 is 0 Å². The van der Waals surface area contributed by atoms with Crippen molar-refractivity contribution in [2.24, 2.45) is 10.8 Å². The second kappa shape index (κ2) is 17.6. The molecule has 4 N–H and O–H groups in total. The van der Waals surface area contributed by atoms with E-state index in [1.807, 2.05) is 41.5 Å². The number of nitrogens with one attached hydrogen (secondary N) is 2. The van der Waals surface area contributed by atoms with E-state index in [-0.39, 0.29) is 38.9 Å². The molecule has 0 bridgehead atoms. The average Bonchev–Trinajstić information content (AvgIpc) is 3.71. The fraction of sp³-hybridized carbons (Fsp3) is 0.342. The lowest BCUT2D eigenvalue weighted by Crippen LogP contribution is -2.44. The van der Waals surface area contributed by atoms with Crippen LogP contribution in [0.5, 0.6) is 0 Å². The van der Waals surface area contributed by atoms with Gasteiger partial charge < -0.3 is 20.8 Å². The van der Waals surface area contributed by atoms with Crippen LogP contribution < -0.4 is 10.6 Å². The Balaban J connectivity index is 0.000000261. The van der Waals surface area contributed by atoms with Gasteiger partial charge in [0.2, 0.25) is 5.95 Å². The maximum Gasteiger partial charge on any atom is 0.404 e. The monoisotopic (exact) mass is 889 g/mol. The number of nitrogens with zero attached hydrogens (tertiary/aromatic N) is 5. The summed E-state index contributed by atoms with van der Waals surface area (Å²) in [7, 11) is -7.87. The Labute approximate surface area is 339 Å². The molecular formula is C38H45BrFN7O8S2. The standard InChI is InChI=1S/C22H25FN4O4S.C16H20BrN3O4S/c1-14-7-8-17(20(23)25-14)18-10-15(11-19(22(2,3)4)26-21(28)29)13-27(18)32(30,31)16-6-5-9-24-12-16;1-16(2,3)13(19-15(21)22)7-11-8-14(17)20(10-11)25(23,24)12-5-4-6-18-9-12/h5-10,12-13,19,26H,11H2,1-4H3,(H,28,29);4-6,8-10,13,19H,7H2,1-3H3,(H,21,22). The van der Waals surface area contributed by atoms with E-state index in [4.69, 9.17) is 5.11 Å². The number of hydrogen-bond acceptors (Lipinski definition) is 9. The van der Waals surface area contributed by atoms with Crippen molar-refractivity contribution >= 4 is 48.2 Å². The number of carboxylic acid groups (broad SMARTS) is 2. The summed E-state index contributed by atoms with van der Waals surface area (Å²) in [4.78, 5) is 33.9. The number of pyridine rings is 3. The predicted molar refractivity (Wildman–Crippen MR) is 214 cm³/mol. The molecule has 0 aliphatic carbocycles. The minimum atomic E-state index is -4.10. The lowest BCUT2D eigenvalue weighted by atomic mass is 9.83. The van der Waals surface area contributed by atoms with E-state index < -0.39 is 49.6 Å². The van der Waals surface area contributed by atoms with Crippen molar-refractivity contribution in [2.45, 2.75) is 83.2 Å². The van der Waals surface area contributed by atoms with Crippen molar-refractivity contribution in [1.29, 1.82) is 0 Å². The minimum Gasteiger partial charge on any atom is -0.465 e. The van der Waals surface area contributed by atoms with E-state index in [0.29, 0.717) is 27.8 Å². The summed E-state index contributed by atoms with van der Waals surface area (Å²) < 4.78 is 69.3. The van der Waals surface area contributed by atoms with Crippen LogP contribution in [0.1, 0.15) is 58.4 Å². The predicted octanol–water partition coefficient (Wildman–Crippen LogP) is 6.96. The van der Waals surface area contributed by atoms with Gasteiger partial charge in [0.1, 0.15) is 14.4 Å². The number of aryl methyl sites for hydroxylation is 1. The minimum absolute atomic E-state index is 0.0211. The van der Waals surface area contributed by atoms with Crippen LogP contribution in [0.25, 0.3) is 11.3 Å². The zero-order chi connectivity index (χ0) is 42.5. The van der Waals surface area contributed by atoms with Crippen LogP contribution in [0.3, 0.4) is 0 Å². The Hall–Kier alpha value is -5.14. The second-order valence-corrected chi connectivity index (χ2v) is 19.8. The number of aromatic nitrogens is 5. The quantitative estimate of drug-likeness (QED) is 0.0995. The van der Waals surface area contributed by atoms with Crippen LogP contribution in [0, 0.1) is 23.7 Å². The molecule has 0 radical (unpaired) electrons. The summed E-state index contributed by atoms with van der Waals surface area (Å²) in [6.07, 6.45) is 6.62. The van der Waals surface area contributed by atoms with Gasteiger partial charge in [0.05, 0.1) is 11.3 Å². The van der Waals surface area contributed by atoms with Crippen LogP contribution in [-0.2, 0) is 32.9 Å². The normalized spacial score (nSPS) is 13.2. The summed E-state index contributed by atoms with van der Waals surface area (Å²) in [6.45, 7) is 13.0. The molecule has 19 heteroatoms. The molecule has 2 unspecified atom stereocenters. The van der Waals surface area contributed by atoms with E-state index in [0.717, 1.165) is 7.94 Å². The van der Waals surface area contributed by atoms with Gasteiger partial charge in [-0.2, -0.15) is 4.39 Å². The molecule has 15 nitrogen and oxygen atoms in total. The van der Waals surface area contributed by atoms with Gasteiger partial charge in [-0.15, -0.1) is 0 Å². The summed E-state index contributed by atoms with van der Waals surface area (Å²) in [5, 5.41) is 23.2. The summed E-state index contributed by atoms with van der Waals surface area (Å²) in [5.74, 6) is -0.798. The number of amides is 2. The molecule has 5 heterocycles. The highest BCUT2D eigenvalue weighted by molar-refractivity contribution is 9.10. The summed E-state index contributed by atoms with van der Waals surface area (Å²) in [6, 6.07) is 11.3. The number of carbonyl (C=O) groups is 2. The summed E-state index contributed by atoms with van der Waals surface area (Å²) in [5.41, 5.74) is 1.03. The average molecular weight is 891 g/mol. The molecule has 2 amide bonds. The highest BCUT2D eigenvalue weighted by atomic mass is 79.9. The van der Waals surface area contributed by atoms with Gasteiger partial charge in [0, 0.05) is 55.0 Å². The molecule has 0 aromatic carbocycles. The first-order valence-electron chi connectivity index (χ1n) is 17.4. The molecule has 0 fully saturated rings. The van der Waals surface area contributed by atoms with Crippen LogP contribution >= 0.6 is 15.9 Å². The molecular weight excluding hydrogens is 845 g/mol. The van der Waals surface area contributed by atoms with Crippen molar-refractivity contribution in [3.05, 3.63) is 113 Å². The smallest absolute Gasteiger partial charge is 0.404 e. The van der Waals surface area contributed by atoms with Crippen molar-refractivity contribution in [3.8, 4) is 11.3 Å².